The van der Waals surface area contributed by atoms with Crippen LogP contribution in [0.2, 0.25) is 20.1 Å². The summed E-state index contributed by atoms with van der Waals surface area (Å²) in [6.07, 6.45) is 1.48. The van der Waals surface area contributed by atoms with E-state index in [1.807, 2.05) is 0 Å². The highest BCUT2D eigenvalue weighted by Crippen LogP contribution is 2.29. The normalized spacial score (nSPS) is 11.9. The first kappa shape index (κ1) is 31.5. The van der Waals surface area contributed by atoms with Gasteiger partial charge in [-0.2, -0.15) is 0 Å². The van der Waals surface area contributed by atoms with Gasteiger partial charge < -0.3 is 16.0 Å². The largest absolute Gasteiger partial charge is 0.324 e. The van der Waals surface area contributed by atoms with Gasteiger partial charge in [0, 0.05) is 31.2 Å². The highest BCUT2D eigenvalue weighted by atomic mass is 35.5. The topological polar surface area (TPSA) is 87.3 Å². The molecule has 0 saturated carbocycles. The van der Waals surface area contributed by atoms with Crippen LogP contribution in [0.15, 0.2) is 102 Å². The van der Waals surface area contributed by atoms with Gasteiger partial charge in [0.1, 0.15) is 5.70 Å². The lowest BCUT2D eigenvalue weighted by Gasteiger charge is -2.14. The molecule has 4 rings (SSSR count). The first-order valence-electron chi connectivity index (χ1n) is 12.5. The van der Waals surface area contributed by atoms with Crippen LogP contribution in [-0.2, 0) is 9.59 Å². The molecule has 0 saturated heterocycles. The summed E-state index contributed by atoms with van der Waals surface area (Å²) in [5, 5.41) is 9.40. The maximum absolute atomic E-state index is 13.3. The molecule has 0 radical (unpaired) electrons. The maximum Gasteiger partial charge on any atom is 0.272 e. The van der Waals surface area contributed by atoms with Crippen molar-refractivity contribution in [3.8, 4) is 0 Å². The number of amides is 3. The van der Waals surface area contributed by atoms with Crippen LogP contribution >= 0.6 is 58.2 Å². The van der Waals surface area contributed by atoms with E-state index in [0.29, 0.717) is 42.6 Å². The molecule has 0 aromatic heterocycles. The van der Waals surface area contributed by atoms with Crippen LogP contribution in [0.1, 0.15) is 22.8 Å². The second-order valence-corrected chi connectivity index (χ2v) is 12.0. The molecular weight excluding hydrogens is 636 g/mol. The van der Waals surface area contributed by atoms with Gasteiger partial charge in [0.25, 0.3) is 11.8 Å². The Labute approximate surface area is 267 Å². The van der Waals surface area contributed by atoms with Crippen molar-refractivity contribution in [2.75, 3.05) is 10.6 Å². The number of hydrogen-bond donors (Lipinski definition) is 3. The summed E-state index contributed by atoms with van der Waals surface area (Å²) in [5.41, 5.74) is 1.78. The Balaban J connectivity index is 1.45. The second-order valence-electron chi connectivity index (χ2n) is 8.90. The van der Waals surface area contributed by atoms with Crippen LogP contribution in [0.5, 0.6) is 0 Å². The fourth-order valence-corrected chi connectivity index (χ4v) is 5.28. The molecule has 6 nitrogen and oxygen atoms in total. The average Bonchev–Trinajstić information content (AvgIpc) is 2.97. The van der Waals surface area contributed by atoms with Crippen LogP contribution in [0.3, 0.4) is 0 Å². The van der Waals surface area contributed by atoms with Gasteiger partial charge in [-0.3, -0.25) is 14.4 Å². The minimum Gasteiger partial charge on any atom is -0.324 e. The first-order valence-corrected chi connectivity index (χ1v) is 14.9. The predicted molar refractivity (Wildman–Crippen MR) is 174 cm³/mol. The van der Waals surface area contributed by atoms with Crippen molar-refractivity contribution >= 4 is 93.3 Å². The molecule has 0 heterocycles. The quantitative estimate of drug-likeness (QED) is 0.124. The number of nitrogens with one attached hydrogen (secondary N) is 3. The Bertz CT molecular complexity index is 1650. The Kier molecular flexibility index (Phi) is 11.0. The summed E-state index contributed by atoms with van der Waals surface area (Å²) in [6, 6.07) is 25.1. The van der Waals surface area contributed by atoms with Gasteiger partial charge in [0.2, 0.25) is 5.91 Å². The maximum atomic E-state index is 13.3. The van der Waals surface area contributed by atoms with Crippen molar-refractivity contribution in [2.45, 2.75) is 17.1 Å². The molecule has 3 amide bonds. The molecule has 42 heavy (non-hydrogen) atoms. The number of anilines is 2. The van der Waals surface area contributed by atoms with Crippen molar-refractivity contribution in [1.82, 2.24) is 5.32 Å². The molecule has 0 aliphatic rings. The van der Waals surface area contributed by atoms with Gasteiger partial charge >= 0.3 is 0 Å². The van der Waals surface area contributed by atoms with Gasteiger partial charge in [-0.15, -0.1) is 11.8 Å². The molecule has 4 aromatic rings. The second kappa shape index (κ2) is 14.6. The summed E-state index contributed by atoms with van der Waals surface area (Å²) in [5.74, 6) is -1.26. The fourth-order valence-electron chi connectivity index (χ4n) is 3.62. The van der Waals surface area contributed by atoms with Crippen molar-refractivity contribution < 1.29 is 14.4 Å². The predicted octanol–water partition coefficient (Wildman–Crippen LogP) is 8.83. The minimum atomic E-state index is -0.558. The van der Waals surface area contributed by atoms with Crippen LogP contribution in [-0.4, -0.2) is 23.0 Å². The van der Waals surface area contributed by atoms with E-state index in [9.17, 15) is 14.4 Å². The standard InChI is InChI=1S/C31H23Cl4N3O3S/c1-18(29(39)37-27-17-22(33)9-14-25(27)34)42-24-12-10-23(11-13-24)36-31(41)28(15-20-7-8-21(32)16-26(20)35)38-30(40)19-5-3-2-4-6-19/h2-18H,1H3,(H,36,41)(H,37,39)(H,38,40)/b28-15-. The summed E-state index contributed by atoms with van der Waals surface area (Å²) in [4.78, 5) is 39.7. The van der Waals surface area contributed by atoms with Gasteiger partial charge in [-0.05, 0) is 85.3 Å². The third kappa shape index (κ3) is 8.77. The third-order valence-electron chi connectivity index (χ3n) is 5.77. The molecule has 0 fully saturated rings. The smallest absolute Gasteiger partial charge is 0.272 e. The molecule has 3 N–H and O–H groups in total. The number of carbonyl (C=O) groups is 3. The van der Waals surface area contributed by atoms with Crippen LogP contribution in [0.4, 0.5) is 11.4 Å². The van der Waals surface area contributed by atoms with E-state index in [-0.39, 0.29) is 11.6 Å². The van der Waals surface area contributed by atoms with Crippen molar-refractivity contribution in [1.29, 1.82) is 0 Å². The number of halogens is 4. The van der Waals surface area contributed by atoms with Gasteiger partial charge in [0.15, 0.2) is 0 Å². The third-order valence-corrected chi connectivity index (χ3v) is 8.01. The Hall–Kier alpha value is -3.46. The minimum absolute atomic E-state index is 0.0171. The number of thioether (sulfide) groups is 1. The summed E-state index contributed by atoms with van der Waals surface area (Å²) >= 11 is 25.8. The van der Waals surface area contributed by atoms with Gasteiger partial charge in [-0.1, -0.05) is 70.7 Å². The summed E-state index contributed by atoms with van der Waals surface area (Å²) in [7, 11) is 0. The molecule has 214 valence electrons. The van der Waals surface area contributed by atoms with E-state index >= 15 is 0 Å². The van der Waals surface area contributed by atoms with Crippen molar-refractivity contribution in [2.24, 2.45) is 0 Å². The van der Waals surface area contributed by atoms with Crippen LogP contribution in [0.25, 0.3) is 6.08 Å². The van der Waals surface area contributed by atoms with E-state index in [2.05, 4.69) is 16.0 Å². The monoisotopic (exact) mass is 657 g/mol. The zero-order valence-electron chi connectivity index (χ0n) is 22.0. The zero-order valence-corrected chi connectivity index (χ0v) is 25.8. The highest BCUT2D eigenvalue weighted by Gasteiger charge is 2.18. The lowest BCUT2D eigenvalue weighted by atomic mass is 10.1. The molecule has 1 unspecified atom stereocenters. The average molecular weight is 659 g/mol. The van der Waals surface area contributed by atoms with E-state index in [4.69, 9.17) is 46.4 Å². The number of carbonyl (C=O) groups excluding carboxylic acids is 3. The number of benzene rings is 4. The van der Waals surface area contributed by atoms with Gasteiger partial charge in [-0.25, -0.2) is 0 Å². The molecule has 0 aliphatic carbocycles. The van der Waals surface area contributed by atoms with E-state index in [1.54, 1.807) is 97.9 Å². The molecule has 1 atom stereocenters. The van der Waals surface area contributed by atoms with Crippen molar-refractivity contribution in [3.63, 3.8) is 0 Å². The lowest BCUT2D eigenvalue weighted by Crippen LogP contribution is -2.30. The Morgan fingerprint density at radius 1 is 0.762 bits per heavy atom. The molecular formula is C31H23Cl4N3O3S. The zero-order chi connectivity index (χ0) is 30.2. The SMILES string of the molecule is CC(Sc1ccc(NC(=O)/C(=C/c2ccc(Cl)cc2Cl)NC(=O)c2ccccc2)cc1)C(=O)Nc1cc(Cl)ccc1Cl. The molecule has 11 heteroatoms. The number of hydrogen-bond acceptors (Lipinski definition) is 4. The first-order chi connectivity index (χ1) is 20.1. The summed E-state index contributed by atoms with van der Waals surface area (Å²) in [6.45, 7) is 1.77. The highest BCUT2D eigenvalue weighted by molar-refractivity contribution is 8.00. The molecule has 0 aliphatic heterocycles. The number of rotatable bonds is 9. The van der Waals surface area contributed by atoms with Crippen LogP contribution < -0.4 is 16.0 Å². The van der Waals surface area contributed by atoms with Crippen molar-refractivity contribution in [3.05, 3.63) is 128 Å². The Morgan fingerprint density at radius 3 is 2.12 bits per heavy atom. The van der Waals surface area contributed by atoms with Crippen LogP contribution in [0, 0.1) is 0 Å². The summed E-state index contributed by atoms with van der Waals surface area (Å²) < 4.78 is 0. The van der Waals surface area contributed by atoms with E-state index in [1.165, 1.54) is 17.8 Å². The molecule has 0 bridgehead atoms. The Morgan fingerprint density at radius 2 is 1.43 bits per heavy atom. The van der Waals surface area contributed by atoms with Gasteiger partial charge in [0.05, 0.1) is 16.0 Å². The fraction of sp³-hybridized carbons (Fsp3) is 0.0645. The molecule has 0 spiro atoms. The molecule has 4 aromatic carbocycles. The van der Waals surface area contributed by atoms with E-state index < -0.39 is 17.1 Å². The lowest BCUT2D eigenvalue weighted by molar-refractivity contribution is -0.115. The van der Waals surface area contributed by atoms with E-state index in [0.717, 1.165) is 4.90 Å².